The monoisotopic (exact) mass is 258 g/mol. The van der Waals surface area contributed by atoms with Crippen LogP contribution in [-0.4, -0.2) is 37.0 Å². The first kappa shape index (κ1) is 15.2. The van der Waals surface area contributed by atoms with E-state index in [0.717, 1.165) is 45.3 Å². The van der Waals surface area contributed by atoms with Crippen molar-refractivity contribution >= 4 is 5.84 Å². The Balaban J connectivity index is 2.01. The highest BCUT2D eigenvalue weighted by Crippen LogP contribution is 2.23. The minimum atomic E-state index is -0.247. The van der Waals surface area contributed by atoms with Crippen molar-refractivity contribution in [1.82, 2.24) is 0 Å². The number of oxime groups is 1. The van der Waals surface area contributed by atoms with Crippen molar-refractivity contribution in [3.63, 3.8) is 0 Å². The summed E-state index contributed by atoms with van der Waals surface area (Å²) in [6.45, 7) is 6.31. The molecule has 0 radical (unpaired) electrons. The Morgan fingerprint density at radius 3 is 2.89 bits per heavy atom. The van der Waals surface area contributed by atoms with E-state index in [1.54, 1.807) is 0 Å². The van der Waals surface area contributed by atoms with Crippen LogP contribution in [0.2, 0.25) is 0 Å². The number of hydrogen-bond acceptors (Lipinski definition) is 4. The maximum atomic E-state index is 8.66. The summed E-state index contributed by atoms with van der Waals surface area (Å²) in [5.41, 5.74) is 5.38. The van der Waals surface area contributed by atoms with E-state index in [4.69, 9.17) is 20.4 Å². The number of nitrogens with zero attached hydrogens (tertiary/aromatic N) is 1. The second-order valence-electron chi connectivity index (χ2n) is 5.54. The van der Waals surface area contributed by atoms with Crippen LogP contribution in [0.3, 0.4) is 0 Å². The number of hydrogen-bond donors (Lipinski definition) is 2. The first-order chi connectivity index (χ1) is 8.56. The van der Waals surface area contributed by atoms with Crippen LogP contribution in [0.4, 0.5) is 0 Å². The summed E-state index contributed by atoms with van der Waals surface area (Å²) in [6, 6.07) is 0. The lowest BCUT2D eigenvalue weighted by atomic mass is 9.86. The first-order valence-corrected chi connectivity index (χ1v) is 6.73. The van der Waals surface area contributed by atoms with Crippen LogP contribution in [0.25, 0.3) is 0 Å². The second-order valence-corrected chi connectivity index (χ2v) is 5.54. The maximum absolute atomic E-state index is 8.66. The lowest BCUT2D eigenvalue weighted by Crippen LogP contribution is -2.31. The van der Waals surface area contributed by atoms with Crippen LogP contribution >= 0.6 is 0 Å². The molecule has 1 unspecified atom stereocenters. The van der Waals surface area contributed by atoms with Crippen molar-refractivity contribution in [3.8, 4) is 0 Å². The predicted octanol–water partition coefficient (Wildman–Crippen LogP) is 2.12. The van der Waals surface area contributed by atoms with E-state index in [0.29, 0.717) is 18.5 Å². The van der Waals surface area contributed by atoms with Gasteiger partial charge in [0.05, 0.1) is 12.7 Å². The van der Waals surface area contributed by atoms with E-state index >= 15 is 0 Å². The molecular formula is C13H26N2O3. The zero-order chi connectivity index (χ0) is 13.4. The Kier molecular flexibility index (Phi) is 6.43. The molecule has 5 heteroatoms. The normalized spacial score (nSPS) is 21.4. The van der Waals surface area contributed by atoms with Crippen molar-refractivity contribution in [2.24, 2.45) is 16.3 Å². The molecule has 1 aliphatic rings. The van der Waals surface area contributed by atoms with Crippen molar-refractivity contribution in [3.05, 3.63) is 0 Å². The number of unbranched alkanes of at least 4 members (excludes halogenated alkanes) is 1. The summed E-state index contributed by atoms with van der Waals surface area (Å²) >= 11 is 0. The van der Waals surface area contributed by atoms with Crippen LogP contribution in [0.15, 0.2) is 5.16 Å². The van der Waals surface area contributed by atoms with E-state index in [9.17, 15) is 0 Å². The summed E-state index contributed by atoms with van der Waals surface area (Å²) < 4.78 is 11.1. The molecule has 0 spiro atoms. The molecule has 0 amide bonds. The first-order valence-electron chi connectivity index (χ1n) is 6.73. The largest absolute Gasteiger partial charge is 0.409 e. The molecule has 1 atom stereocenters. The number of amidine groups is 1. The molecule has 0 aromatic rings. The third-order valence-electron chi connectivity index (χ3n) is 3.47. The lowest BCUT2D eigenvalue weighted by molar-refractivity contribution is 0.0158. The molecule has 3 N–H and O–H groups in total. The highest BCUT2D eigenvalue weighted by atomic mass is 16.5. The van der Waals surface area contributed by atoms with Crippen LogP contribution in [0.1, 0.15) is 46.0 Å². The van der Waals surface area contributed by atoms with Gasteiger partial charge in [0.25, 0.3) is 0 Å². The number of rotatable bonds is 8. The Hall–Kier alpha value is -0.810. The van der Waals surface area contributed by atoms with Crippen molar-refractivity contribution in [1.29, 1.82) is 0 Å². The van der Waals surface area contributed by atoms with Crippen molar-refractivity contribution in [2.45, 2.75) is 52.1 Å². The van der Waals surface area contributed by atoms with Crippen LogP contribution in [0.5, 0.6) is 0 Å². The van der Waals surface area contributed by atoms with Gasteiger partial charge in [-0.2, -0.15) is 0 Å². The highest BCUT2D eigenvalue weighted by molar-refractivity contribution is 5.85. The molecule has 5 nitrogen and oxygen atoms in total. The van der Waals surface area contributed by atoms with Gasteiger partial charge in [-0.1, -0.05) is 25.4 Å². The zero-order valence-electron chi connectivity index (χ0n) is 11.5. The third-order valence-corrected chi connectivity index (χ3v) is 3.47. The lowest BCUT2D eigenvalue weighted by Gasteiger charge is -2.22. The van der Waals surface area contributed by atoms with Crippen LogP contribution in [-0.2, 0) is 9.47 Å². The van der Waals surface area contributed by atoms with Gasteiger partial charge >= 0.3 is 0 Å². The summed E-state index contributed by atoms with van der Waals surface area (Å²) in [5, 5.41) is 11.7. The van der Waals surface area contributed by atoms with Gasteiger partial charge in [0.2, 0.25) is 0 Å². The molecule has 1 rings (SSSR count). The topological polar surface area (TPSA) is 77.1 Å². The van der Waals surface area contributed by atoms with Crippen molar-refractivity contribution in [2.75, 3.05) is 19.8 Å². The van der Waals surface area contributed by atoms with Crippen LogP contribution in [0, 0.1) is 5.41 Å². The van der Waals surface area contributed by atoms with E-state index in [1.807, 2.05) is 13.8 Å². The van der Waals surface area contributed by atoms with Gasteiger partial charge in [-0.15, -0.1) is 0 Å². The Bertz CT molecular complexity index is 261. The van der Waals surface area contributed by atoms with Gasteiger partial charge in [0.1, 0.15) is 5.84 Å². The van der Waals surface area contributed by atoms with E-state index in [1.165, 1.54) is 0 Å². The Morgan fingerprint density at radius 2 is 2.28 bits per heavy atom. The van der Waals surface area contributed by atoms with Crippen LogP contribution < -0.4 is 5.73 Å². The van der Waals surface area contributed by atoms with E-state index < -0.39 is 0 Å². The summed E-state index contributed by atoms with van der Waals surface area (Å²) in [5.74, 6) is 0.294. The minimum Gasteiger partial charge on any atom is -0.409 e. The molecule has 1 saturated heterocycles. The van der Waals surface area contributed by atoms with Gasteiger partial charge in [-0.3, -0.25) is 0 Å². The zero-order valence-corrected chi connectivity index (χ0v) is 11.5. The third kappa shape index (κ3) is 5.23. The van der Waals surface area contributed by atoms with Crippen molar-refractivity contribution < 1.29 is 14.7 Å². The standard InChI is InChI=1S/C13H26N2O3/c1-13(2,12(14)15-16)7-3-4-8-17-10-11-6-5-9-18-11/h11,16H,3-10H2,1-2H3,(H2,14,15). The molecule has 0 aliphatic carbocycles. The molecule has 1 fully saturated rings. The minimum absolute atomic E-state index is 0.247. The molecule has 1 aliphatic heterocycles. The molecule has 18 heavy (non-hydrogen) atoms. The van der Waals surface area contributed by atoms with E-state index in [2.05, 4.69) is 5.16 Å². The molecule has 106 valence electrons. The molecule has 0 bridgehead atoms. The highest BCUT2D eigenvalue weighted by Gasteiger charge is 2.22. The molecule has 0 saturated carbocycles. The molecular weight excluding hydrogens is 232 g/mol. The number of ether oxygens (including phenoxy) is 2. The Labute approximate surface area is 109 Å². The fourth-order valence-electron chi connectivity index (χ4n) is 2.03. The quantitative estimate of drug-likeness (QED) is 0.230. The predicted molar refractivity (Wildman–Crippen MR) is 70.8 cm³/mol. The smallest absolute Gasteiger partial charge is 0.144 e. The van der Waals surface area contributed by atoms with Gasteiger partial charge < -0.3 is 20.4 Å². The SMILES string of the molecule is CC(C)(CCCCOCC1CCCO1)C(N)=NO. The molecule has 1 heterocycles. The summed E-state index contributed by atoms with van der Waals surface area (Å²) in [6.07, 6.45) is 5.48. The summed E-state index contributed by atoms with van der Waals surface area (Å²) in [7, 11) is 0. The summed E-state index contributed by atoms with van der Waals surface area (Å²) in [4.78, 5) is 0. The Morgan fingerprint density at radius 1 is 1.50 bits per heavy atom. The maximum Gasteiger partial charge on any atom is 0.144 e. The fraction of sp³-hybridized carbons (Fsp3) is 0.923. The van der Waals surface area contributed by atoms with Gasteiger partial charge in [0.15, 0.2) is 0 Å². The average Bonchev–Trinajstić information content (AvgIpc) is 2.85. The van der Waals surface area contributed by atoms with Gasteiger partial charge in [-0.05, 0) is 25.7 Å². The second kappa shape index (κ2) is 7.59. The van der Waals surface area contributed by atoms with E-state index in [-0.39, 0.29) is 5.41 Å². The fourth-order valence-corrected chi connectivity index (χ4v) is 2.03. The number of nitrogens with two attached hydrogens (primary N) is 1. The molecule has 0 aromatic heterocycles. The molecule has 0 aromatic carbocycles. The van der Waals surface area contributed by atoms with Gasteiger partial charge in [-0.25, -0.2) is 0 Å². The van der Waals surface area contributed by atoms with Gasteiger partial charge in [0, 0.05) is 18.6 Å². The average molecular weight is 258 g/mol.